The number of likely N-dealkylation sites (tertiary alicyclic amines) is 1. The van der Waals surface area contributed by atoms with Crippen LogP contribution in [0.25, 0.3) is 0 Å². The molecule has 6 heteroatoms. The van der Waals surface area contributed by atoms with E-state index < -0.39 is 17.5 Å². The highest BCUT2D eigenvalue weighted by molar-refractivity contribution is 7.91. The molecule has 0 aromatic carbocycles. The summed E-state index contributed by atoms with van der Waals surface area (Å²) in [5.41, 5.74) is 0. The quantitative estimate of drug-likeness (QED) is 0.608. The topological polar surface area (TPSA) is 76.0 Å². The molecule has 1 aliphatic rings. The highest BCUT2D eigenvalue weighted by atomic mass is 32.2. The number of nitrogens with zero attached hydrogens (tertiary/aromatic N) is 2. The van der Waals surface area contributed by atoms with Gasteiger partial charge >= 0.3 is 6.09 Å². The van der Waals surface area contributed by atoms with Crippen molar-refractivity contribution in [2.45, 2.75) is 38.4 Å². The molecule has 0 saturated carbocycles. The molecule has 1 atom stereocenters. The van der Waals surface area contributed by atoms with Crippen molar-refractivity contribution in [1.29, 1.82) is 0 Å². The van der Waals surface area contributed by atoms with Crippen LogP contribution >= 0.6 is 0 Å². The molecule has 5 nitrogen and oxygen atoms in total. The predicted molar refractivity (Wildman–Crippen MR) is 68.7 cm³/mol. The van der Waals surface area contributed by atoms with Gasteiger partial charge in [0.2, 0.25) is 0 Å². The van der Waals surface area contributed by atoms with Crippen molar-refractivity contribution in [3.8, 4) is 0 Å². The van der Waals surface area contributed by atoms with Crippen LogP contribution in [-0.4, -0.2) is 44.7 Å². The Morgan fingerprint density at radius 2 is 2.00 bits per heavy atom. The molecule has 17 heavy (non-hydrogen) atoms. The minimum absolute atomic E-state index is 0.247. The molecule has 98 valence electrons. The summed E-state index contributed by atoms with van der Waals surface area (Å²) in [6, 6.07) is 0. The highest BCUT2D eigenvalue weighted by Gasteiger charge is 2.27. The van der Waals surface area contributed by atoms with Gasteiger partial charge in [-0.05, 0) is 33.6 Å². The Kier molecular flexibility index (Phi) is 4.82. The van der Waals surface area contributed by atoms with Gasteiger partial charge in [0.1, 0.15) is 16.1 Å². The number of carboxylic acid groups (broad SMARTS) is 1. The largest absolute Gasteiger partial charge is 0.591 e. The van der Waals surface area contributed by atoms with Gasteiger partial charge in [-0.2, -0.15) is 0 Å². The first kappa shape index (κ1) is 14.3. The molecule has 1 N–H and O–H groups in total. The first-order valence-electron chi connectivity index (χ1n) is 5.75. The molecule has 1 aliphatic heterocycles. The molecular weight excluding hydrogens is 240 g/mol. The lowest BCUT2D eigenvalue weighted by Crippen LogP contribution is -2.38. The molecule has 1 amide bonds. The summed E-state index contributed by atoms with van der Waals surface area (Å²) in [6.07, 6.45) is 2.40. The van der Waals surface area contributed by atoms with Gasteiger partial charge < -0.3 is 14.6 Å². The third-order valence-corrected chi connectivity index (χ3v) is 4.06. The standard InChI is InChI=1S/C11H20N2O3S/c1-11(2,3)17(16)12-8-9-4-6-13(7-5-9)10(14)15/h8-9H,4-7H2,1-3H3,(H,14,15)/b12-8+. The van der Waals surface area contributed by atoms with E-state index in [1.807, 2.05) is 20.8 Å². The molecule has 0 spiro atoms. The van der Waals surface area contributed by atoms with E-state index in [1.165, 1.54) is 4.90 Å². The zero-order valence-corrected chi connectivity index (χ0v) is 11.4. The number of amides is 1. The maximum atomic E-state index is 11.7. The minimum Gasteiger partial charge on any atom is -0.591 e. The monoisotopic (exact) mass is 260 g/mol. The fourth-order valence-electron chi connectivity index (χ4n) is 1.54. The maximum absolute atomic E-state index is 11.7. The molecule has 1 rings (SSSR count). The van der Waals surface area contributed by atoms with Crippen LogP contribution in [0.15, 0.2) is 4.40 Å². The summed E-state index contributed by atoms with van der Waals surface area (Å²) in [5.74, 6) is 0.247. The summed E-state index contributed by atoms with van der Waals surface area (Å²) in [5, 5.41) is 8.79. The van der Waals surface area contributed by atoms with Crippen LogP contribution in [-0.2, 0) is 11.4 Å². The normalized spacial score (nSPS) is 20.8. The predicted octanol–water partition coefficient (Wildman–Crippen LogP) is 1.91. The first-order valence-corrected chi connectivity index (χ1v) is 6.85. The smallest absolute Gasteiger partial charge is 0.407 e. The second-order valence-electron chi connectivity index (χ2n) is 5.22. The van der Waals surface area contributed by atoms with E-state index in [4.69, 9.17) is 5.11 Å². The lowest BCUT2D eigenvalue weighted by atomic mass is 9.99. The number of piperidine rings is 1. The Morgan fingerprint density at radius 1 is 1.47 bits per heavy atom. The molecule has 1 heterocycles. The van der Waals surface area contributed by atoms with Crippen LogP contribution in [0.3, 0.4) is 0 Å². The Balaban J connectivity index is 2.40. The van der Waals surface area contributed by atoms with Crippen molar-refractivity contribution in [2.24, 2.45) is 10.3 Å². The fourth-order valence-corrected chi connectivity index (χ4v) is 2.14. The Morgan fingerprint density at radius 3 is 2.41 bits per heavy atom. The van der Waals surface area contributed by atoms with Crippen LogP contribution in [0, 0.1) is 5.92 Å². The van der Waals surface area contributed by atoms with Gasteiger partial charge in [0, 0.05) is 19.0 Å². The van der Waals surface area contributed by atoms with E-state index in [2.05, 4.69) is 4.40 Å². The third-order valence-electron chi connectivity index (χ3n) is 2.70. The van der Waals surface area contributed by atoms with Gasteiger partial charge in [-0.1, -0.05) is 4.40 Å². The van der Waals surface area contributed by atoms with Gasteiger partial charge in [0.15, 0.2) is 0 Å². The van der Waals surface area contributed by atoms with Crippen molar-refractivity contribution >= 4 is 23.7 Å². The summed E-state index contributed by atoms with van der Waals surface area (Å²) in [7, 11) is 0. The second kappa shape index (κ2) is 5.73. The summed E-state index contributed by atoms with van der Waals surface area (Å²) in [6.45, 7) is 6.72. The van der Waals surface area contributed by atoms with Gasteiger partial charge in [0.05, 0.1) is 6.21 Å². The Hall–Kier alpha value is -0.750. The summed E-state index contributed by atoms with van der Waals surface area (Å²) < 4.78 is 15.4. The zero-order chi connectivity index (χ0) is 13.1. The Labute approximate surface area is 105 Å². The molecule has 1 saturated heterocycles. The number of carbonyl (C=O) groups is 1. The van der Waals surface area contributed by atoms with Crippen molar-refractivity contribution in [2.75, 3.05) is 13.1 Å². The molecule has 0 radical (unpaired) electrons. The lowest BCUT2D eigenvalue weighted by molar-refractivity contribution is 0.131. The van der Waals surface area contributed by atoms with E-state index in [0.29, 0.717) is 13.1 Å². The molecule has 0 aromatic rings. The van der Waals surface area contributed by atoms with Gasteiger partial charge in [0.25, 0.3) is 0 Å². The van der Waals surface area contributed by atoms with E-state index in [9.17, 15) is 9.35 Å². The average Bonchev–Trinajstić information content (AvgIpc) is 2.25. The van der Waals surface area contributed by atoms with Crippen LogP contribution in [0.1, 0.15) is 33.6 Å². The molecule has 1 unspecified atom stereocenters. The van der Waals surface area contributed by atoms with E-state index >= 15 is 0 Å². The zero-order valence-electron chi connectivity index (χ0n) is 10.5. The lowest BCUT2D eigenvalue weighted by Gasteiger charge is -2.27. The maximum Gasteiger partial charge on any atom is 0.407 e. The van der Waals surface area contributed by atoms with Crippen molar-refractivity contribution < 1.29 is 14.5 Å². The van der Waals surface area contributed by atoms with Crippen LogP contribution in [0.4, 0.5) is 4.79 Å². The van der Waals surface area contributed by atoms with Crippen LogP contribution in [0.2, 0.25) is 0 Å². The second-order valence-corrected chi connectivity index (χ2v) is 7.16. The van der Waals surface area contributed by atoms with Gasteiger partial charge in [-0.15, -0.1) is 0 Å². The van der Waals surface area contributed by atoms with E-state index in [0.717, 1.165) is 12.8 Å². The number of hydrogen-bond acceptors (Lipinski definition) is 3. The Bertz CT molecular complexity index is 294. The van der Waals surface area contributed by atoms with E-state index in [1.54, 1.807) is 6.21 Å². The SMILES string of the molecule is CC(C)(C)[S+]([O-])/N=C/C1CCN(C(=O)O)CC1. The molecule has 1 fully saturated rings. The number of rotatable bonds is 2. The number of hydrogen-bond donors (Lipinski definition) is 1. The molecular formula is C11H20N2O3S. The highest BCUT2D eigenvalue weighted by Crippen LogP contribution is 2.19. The molecule has 0 bridgehead atoms. The van der Waals surface area contributed by atoms with Crippen molar-refractivity contribution in [1.82, 2.24) is 4.90 Å². The summed E-state index contributed by atoms with van der Waals surface area (Å²) >= 11 is -1.22. The minimum atomic E-state index is -1.22. The van der Waals surface area contributed by atoms with Crippen molar-refractivity contribution in [3.05, 3.63) is 0 Å². The van der Waals surface area contributed by atoms with Gasteiger partial charge in [-0.25, -0.2) is 4.79 Å². The first-order chi connectivity index (χ1) is 7.80. The third kappa shape index (κ3) is 4.55. The van der Waals surface area contributed by atoms with E-state index in [-0.39, 0.29) is 10.7 Å². The average molecular weight is 260 g/mol. The fraction of sp³-hybridized carbons (Fsp3) is 0.818. The van der Waals surface area contributed by atoms with Gasteiger partial charge in [-0.3, -0.25) is 0 Å². The molecule has 0 aliphatic carbocycles. The van der Waals surface area contributed by atoms with Crippen LogP contribution < -0.4 is 0 Å². The van der Waals surface area contributed by atoms with Crippen molar-refractivity contribution in [3.63, 3.8) is 0 Å². The molecule has 0 aromatic heterocycles. The summed E-state index contributed by atoms with van der Waals surface area (Å²) in [4.78, 5) is 12.1. The van der Waals surface area contributed by atoms with Crippen LogP contribution in [0.5, 0.6) is 0 Å².